The summed E-state index contributed by atoms with van der Waals surface area (Å²) >= 11 is 0. The van der Waals surface area contributed by atoms with Crippen LogP contribution in [0.4, 0.5) is 0 Å². The lowest BCUT2D eigenvalue weighted by Gasteiger charge is -2.12. The average molecular weight is 211 g/mol. The van der Waals surface area contributed by atoms with E-state index in [0.717, 1.165) is 18.8 Å². The fourth-order valence-electron chi connectivity index (χ4n) is 2.06. The molecule has 15 heavy (non-hydrogen) atoms. The topological polar surface area (TPSA) is 62.7 Å². The Hall–Kier alpha value is -1.10. The van der Waals surface area contributed by atoms with Crippen LogP contribution in [-0.2, 0) is 9.53 Å². The second kappa shape index (κ2) is 4.61. The molecule has 2 unspecified atom stereocenters. The molecule has 2 rings (SSSR count). The van der Waals surface area contributed by atoms with Crippen molar-refractivity contribution in [3.05, 3.63) is 0 Å². The van der Waals surface area contributed by atoms with E-state index in [1.165, 1.54) is 20.0 Å². The summed E-state index contributed by atoms with van der Waals surface area (Å²) in [5.74, 6) is 0.706. The van der Waals surface area contributed by atoms with E-state index >= 15 is 0 Å². The highest BCUT2D eigenvalue weighted by Gasteiger charge is 2.27. The molecular formula is C10H17N3O2. The van der Waals surface area contributed by atoms with Crippen molar-refractivity contribution in [2.75, 3.05) is 20.2 Å². The molecule has 2 N–H and O–H groups in total. The lowest BCUT2D eigenvalue weighted by atomic mass is 10.1. The van der Waals surface area contributed by atoms with E-state index in [2.05, 4.69) is 20.4 Å². The molecule has 0 spiro atoms. The van der Waals surface area contributed by atoms with Crippen LogP contribution in [0.25, 0.3) is 0 Å². The van der Waals surface area contributed by atoms with E-state index < -0.39 is 0 Å². The van der Waals surface area contributed by atoms with Crippen LogP contribution in [0.1, 0.15) is 19.3 Å². The normalized spacial score (nSPS) is 29.8. The third-order valence-electron chi connectivity index (χ3n) is 2.89. The van der Waals surface area contributed by atoms with Gasteiger partial charge in [0, 0.05) is 12.5 Å². The summed E-state index contributed by atoms with van der Waals surface area (Å²) in [5, 5.41) is 6.51. The second-order valence-electron chi connectivity index (χ2n) is 4.00. The first kappa shape index (κ1) is 10.4. The molecule has 0 bridgehead atoms. The van der Waals surface area contributed by atoms with Crippen molar-refractivity contribution in [3.8, 4) is 0 Å². The van der Waals surface area contributed by atoms with Crippen LogP contribution in [0.15, 0.2) is 4.99 Å². The molecule has 0 aromatic rings. The molecule has 2 heterocycles. The summed E-state index contributed by atoms with van der Waals surface area (Å²) in [4.78, 5) is 15.5. The number of methoxy groups -OCH3 is 1. The van der Waals surface area contributed by atoms with Gasteiger partial charge in [0.05, 0.1) is 19.5 Å². The highest BCUT2D eigenvalue weighted by atomic mass is 16.5. The van der Waals surface area contributed by atoms with Crippen molar-refractivity contribution in [2.24, 2.45) is 4.99 Å². The quantitative estimate of drug-likeness (QED) is 0.628. The molecule has 0 aliphatic carbocycles. The van der Waals surface area contributed by atoms with Gasteiger partial charge in [0.1, 0.15) is 6.04 Å². The number of hydrogen-bond acceptors (Lipinski definition) is 5. The molecule has 0 saturated carbocycles. The Morgan fingerprint density at radius 2 is 2.53 bits per heavy atom. The summed E-state index contributed by atoms with van der Waals surface area (Å²) in [5.41, 5.74) is 0. The number of ether oxygens (including phenoxy) is 1. The fraction of sp³-hybridized carbons (Fsp3) is 0.800. The van der Waals surface area contributed by atoms with Crippen LogP contribution in [0.3, 0.4) is 0 Å². The van der Waals surface area contributed by atoms with Crippen molar-refractivity contribution in [1.29, 1.82) is 0 Å². The molecule has 1 saturated heterocycles. The van der Waals surface area contributed by atoms with Gasteiger partial charge >= 0.3 is 5.97 Å². The molecular weight excluding hydrogens is 194 g/mol. The van der Waals surface area contributed by atoms with Gasteiger partial charge in [0.25, 0.3) is 0 Å². The Labute approximate surface area is 89.3 Å². The zero-order valence-corrected chi connectivity index (χ0v) is 8.95. The van der Waals surface area contributed by atoms with Crippen molar-refractivity contribution >= 4 is 11.8 Å². The maximum absolute atomic E-state index is 11.2. The number of hydrogen-bond donors (Lipinski definition) is 2. The lowest BCUT2D eigenvalue weighted by molar-refractivity contribution is -0.142. The van der Waals surface area contributed by atoms with E-state index in [1.807, 2.05) is 0 Å². The van der Waals surface area contributed by atoms with Crippen LogP contribution in [-0.4, -0.2) is 44.1 Å². The zero-order valence-electron chi connectivity index (χ0n) is 8.95. The molecule has 5 heteroatoms. The Morgan fingerprint density at radius 3 is 3.20 bits per heavy atom. The predicted molar refractivity (Wildman–Crippen MR) is 56.9 cm³/mol. The minimum Gasteiger partial charge on any atom is -0.467 e. The minimum atomic E-state index is -0.272. The summed E-state index contributed by atoms with van der Waals surface area (Å²) < 4.78 is 4.66. The number of carbonyl (C=O) groups is 1. The van der Waals surface area contributed by atoms with Crippen molar-refractivity contribution in [3.63, 3.8) is 0 Å². The minimum absolute atomic E-state index is 0.229. The molecule has 0 aromatic heterocycles. The van der Waals surface area contributed by atoms with Crippen LogP contribution >= 0.6 is 0 Å². The van der Waals surface area contributed by atoms with E-state index in [4.69, 9.17) is 0 Å². The van der Waals surface area contributed by atoms with Crippen molar-refractivity contribution < 1.29 is 9.53 Å². The van der Waals surface area contributed by atoms with Gasteiger partial charge in [-0.2, -0.15) is 0 Å². The summed E-state index contributed by atoms with van der Waals surface area (Å²) in [6, 6.07) is 0.249. The monoisotopic (exact) mass is 211 g/mol. The first-order valence-corrected chi connectivity index (χ1v) is 5.40. The summed E-state index contributed by atoms with van der Waals surface area (Å²) in [6.07, 6.45) is 3.33. The molecule has 2 atom stereocenters. The number of amidine groups is 1. The van der Waals surface area contributed by atoms with E-state index in [0.29, 0.717) is 12.6 Å². The first-order chi connectivity index (χ1) is 7.29. The lowest BCUT2D eigenvalue weighted by Crippen LogP contribution is -2.39. The highest BCUT2D eigenvalue weighted by molar-refractivity contribution is 5.91. The number of carbonyl (C=O) groups excluding carboxylic acids is 1. The van der Waals surface area contributed by atoms with E-state index in [-0.39, 0.29) is 12.0 Å². The highest BCUT2D eigenvalue weighted by Crippen LogP contribution is 2.11. The predicted octanol–water partition coefficient (Wildman–Crippen LogP) is -0.328. The SMILES string of the molecule is COC(=O)C1CN=C(CC2CCCN2)N1. The number of aliphatic imine (C=N–C) groups is 1. The summed E-state index contributed by atoms with van der Waals surface area (Å²) in [7, 11) is 1.40. The smallest absolute Gasteiger partial charge is 0.330 e. The average Bonchev–Trinajstić information content (AvgIpc) is 2.88. The third-order valence-corrected chi connectivity index (χ3v) is 2.89. The number of rotatable bonds is 3. The van der Waals surface area contributed by atoms with Crippen LogP contribution in [0.5, 0.6) is 0 Å². The van der Waals surface area contributed by atoms with E-state index in [9.17, 15) is 4.79 Å². The Balaban J connectivity index is 1.78. The first-order valence-electron chi connectivity index (χ1n) is 5.40. The van der Waals surface area contributed by atoms with Gasteiger partial charge in [-0.05, 0) is 19.4 Å². The second-order valence-corrected chi connectivity index (χ2v) is 4.00. The third kappa shape index (κ3) is 2.47. The Morgan fingerprint density at radius 1 is 1.67 bits per heavy atom. The van der Waals surface area contributed by atoms with Gasteiger partial charge in [-0.3, -0.25) is 4.99 Å². The standard InChI is InChI=1S/C10H17N3O2/c1-15-10(14)8-6-12-9(13-8)5-7-3-2-4-11-7/h7-8,11H,2-6H2,1H3,(H,12,13). The largest absolute Gasteiger partial charge is 0.467 e. The van der Waals surface area contributed by atoms with Crippen LogP contribution in [0.2, 0.25) is 0 Å². The number of esters is 1. The number of nitrogens with zero attached hydrogens (tertiary/aromatic N) is 1. The van der Waals surface area contributed by atoms with Gasteiger partial charge in [0.2, 0.25) is 0 Å². The molecule has 1 fully saturated rings. The Kier molecular flexibility index (Phi) is 3.20. The van der Waals surface area contributed by atoms with Crippen LogP contribution < -0.4 is 10.6 Å². The molecule has 0 radical (unpaired) electrons. The van der Waals surface area contributed by atoms with Gasteiger partial charge < -0.3 is 15.4 Å². The maximum Gasteiger partial charge on any atom is 0.330 e. The number of nitrogens with one attached hydrogen (secondary N) is 2. The summed E-state index contributed by atoms with van der Waals surface area (Å²) in [6.45, 7) is 1.60. The van der Waals surface area contributed by atoms with Gasteiger partial charge in [0.15, 0.2) is 0 Å². The molecule has 0 aromatic carbocycles. The van der Waals surface area contributed by atoms with Gasteiger partial charge in [-0.15, -0.1) is 0 Å². The Bertz CT molecular complexity index is 272. The van der Waals surface area contributed by atoms with Crippen LogP contribution in [0, 0.1) is 0 Å². The van der Waals surface area contributed by atoms with Gasteiger partial charge in [-0.25, -0.2) is 4.79 Å². The fourth-order valence-corrected chi connectivity index (χ4v) is 2.06. The van der Waals surface area contributed by atoms with Gasteiger partial charge in [-0.1, -0.05) is 0 Å². The maximum atomic E-state index is 11.2. The van der Waals surface area contributed by atoms with Crippen molar-refractivity contribution in [1.82, 2.24) is 10.6 Å². The van der Waals surface area contributed by atoms with Crippen molar-refractivity contribution in [2.45, 2.75) is 31.3 Å². The molecule has 5 nitrogen and oxygen atoms in total. The molecule has 2 aliphatic rings. The zero-order chi connectivity index (χ0) is 10.7. The van der Waals surface area contributed by atoms with E-state index in [1.54, 1.807) is 0 Å². The molecule has 0 amide bonds. The molecule has 2 aliphatic heterocycles. The molecule has 84 valence electrons.